The van der Waals surface area contributed by atoms with Crippen LogP contribution in [-0.4, -0.2) is 37.7 Å². The predicted molar refractivity (Wildman–Crippen MR) is 122 cm³/mol. The van der Waals surface area contributed by atoms with Crippen LogP contribution in [0.25, 0.3) is 11.2 Å². The predicted octanol–water partition coefficient (Wildman–Crippen LogP) is 1.71. The lowest BCUT2D eigenvalue weighted by Crippen LogP contribution is -2.37. The number of nitrogens with one attached hydrogen (secondary N) is 2. The van der Waals surface area contributed by atoms with Gasteiger partial charge >= 0.3 is 5.69 Å². The number of carbonyl (C=O) groups excluding carboxylic acids is 1. The minimum atomic E-state index is -0.452. The summed E-state index contributed by atoms with van der Waals surface area (Å²) in [6.07, 6.45) is 0.768. The number of nitrogens with zero attached hydrogens (tertiary/aromatic N) is 4. The van der Waals surface area contributed by atoms with E-state index < -0.39 is 11.2 Å². The number of amides is 1. The van der Waals surface area contributed by atoms with Crippen molar-refractivity contribution < 1.29 is 4.79 Å². The number of rotatable bonds is 8. The van der Waals surface area contributed by atoms with E-state index in [1.54, 1.807) is 17.7 Å². The van der Waals surface area contributed by atoms with E-state index in [2.05, 4.69) is 15.6 Å². The molecular formula is C21H27ClN6O3. The zero-order valence-electron chi connectivity index (χ0n) is 18.1. The van der Waals surface area contributed by atoms with Crippen molar-refractivity contribution in [2.45, 2.75) is 26.8 Å². The van der Waals surface area contributed by atoms with Crippen LogP contribution in [-0.2, 0) is 25.4 Å². The van der Waals surface area contributed by atoms with Gasteiger partial charge in [-0.25, -0.2) is 4.79 Å². The molecule has 0 aliphatic rings. The zero-order chi connectivity index (χ0) is 22.7. The Hall–Kier alpha value is -3.07. The standard InChI is InChI=1S/C21H27ClN6O3/c1-5-13(2)18(29)23-10-11-24-20-25-17-16(19(30)27(4)21(31)26(17)3)28(20)12-14-8-6-7-9-15(14)22/h6-9,13H,5,10-12H2,1-4H3,(H,23,29)(H,24,25)/t13-/m1/s1. The van der Waals surface area contributed by atoms with E-state index in [1.165, 1.54) is 11.6 Å². The van der Waals surface area contributed by atoms with Crippen molar-refractivity contribution in [3.05, 3.63) is 55.7 Å². The van der Waals surface area contributed by atoms with Crippen LogP contribution in [0, 0.1) is 5.92 Å². The van der Waals surface area contributed by atoms with Crippen LogP contribution in [0.3, 0.4) is 0 Å². The lowest BCUT2D eigenvalue weighted by atomic mass is 10.1. The molecule has 3 aromatic rings. The van der Waals surface area contributed by atoms with Crippen LogP contribution in [0.5, 0.6) is 0 Å². The fraction of sp³-hybridized carbons (Fsp3) is 0.429. The maximum atomic E-state index is 12.9. The molecule has 2 aromatic heterocycles. The zero-order valence-corrected chi connectivity index (χ0v) is 18.9. The van der Waals surface area contributed by atoms with Crippen LogP contribution in [0.4, 0.5) is 5.95 Å². The number of anilines is 1. The lowest BCUT2D eigenvalue weighted by Gasteiger charge is -2.13. The van der Waals surface area contributed by atoms with Crippen LogP contribution in [0.1, 0.15) is 25.8 Å². The first-order valence-corrected chi connectivity index (χ1v) is 10.5. The molecule has 31 heavy (non-hydrogen) atoms. The molecule has 0 aliphatic carbocycles. The first-order chi connectivity index (χ1) is 14.8. The highest BCUT2D eigenvalue weighted by atomic mass is 35.5. The van der Waals surface area contributed by atoms with Gasteiger partial charge in [0.05, 0.1) is 6.54 Å². The van der Waals surface area contributed by atoms with Crippen molar-refractivity contribution in [3.63, 3.8) is 0 Å². The highest BCUT2D eigenvalue weighted by Crippen LogP contribution is 2.21. The largest absolute Gasteiger partial charge is 0.354 e. The maximum Gasteiger partial charge on any atom is 0.332 e. The Morgan fingerprint density at radius 2 is 1.87 bits per heavy atom. The highest BCUT2D eigenvalue weighted by molar-refractivity contribution is 6.31. The molecule has 0 aliphatic heterocycles. The van der Waals surface area contributed by atoms with Gasteiger partial charge in [-0.1, -0.05) is 43.6 Å². The van der Waals surface area contributed by atoms with Crippen molar-refractivity contribution >= 4 is 34.6 Å². The van der Waals surface area contributed by atoms with Gasteiger partial charge in [-0.15, -0.1) is 0 Å². The molecule has 9 nitrogen and oxygen atoms in total. The van der Waals surface area contributed by atoms with Crippen molar-refractivity contribution in [1.29, 1.82) is 0 Å². The summed E-state index contributed by atoms with van der Waals surface area (Å²) in [5.41, 5.74) is 0.512. The maximum absolute atomic E-state index is 12.9. The van der Waals surface area contributed by atoms with E-state index in [-0.39, 0.29) is 17.5 Å². The van der Waals surface area contributed by atoms with Gasteiger partial charge in [0.1, 0.15) is 0 Å². The number of hydrogen-bond acceptors (Lipinski definition) is 5. The second-order valence-corrected chi connectivity index (χ2v) is 7.93. The third-order valence-electron chi connectivity index (χ3n) is 5.40. The average molecular weight is 447 g/mol. The minimum absolute atomic E-state index is 0.00913. The van der Waals surface area contributed by atoms with Gasteiger partial charge in [0, 0.05) is 38.1 Å². The molecule has 0 saturated carbocycles. The summed E-state index contributed by atoms with van der Waals surface area (Å²) in [6, 6.07) is 7.35. The molecule has 0 bridgehead atoms. The Kier molecular flexibility index (Phi) is 6.84. The van der Waals surface area contributed by atoms with Gasteiger partial charge in [-0.3, -0.25) is 23.3 Å². The van der Waals surface area contributed by atoms with E-state index in [1.807, 2.05) is 32.0 Å². The molecular weight excluding hydrogens is 420 g/mol. The molecule has 2 heterocycles. The first kappa shape index (κ1) is 22.6. The summed E-state index contributed by atoms with van der Waals surface area (Å²) >= 11 is 6.34. The molecule has 1 atom stereocenters. The molecule has 2 N–H and O–H groups in total. The van der Waals surface area contributed by atoms with Gasteiger partial charge in [0.25, 0.3) is 5.56 Å². The number of imidazole rings is 1. The molecule has 0 fully saturated rings. The van der Waals surface area contributed by atoms with E-state index in [0.29, 0.717) is 36.1 Å². The Labute approximate surface area is 184 Å². The topological polar surface area (TPSA) is 103 Å². The van der Waals surface area contributed by atoms with Crippen LogP contribution in [0.2, 0.25) is 5.02 Å². The van der Waals surface area contributed by atoms with Crippen LogP contribution < -0.4 is 21.9 Å². The quantitative estimate of drug-likeness (QED) is 0.513. The van der Waals surface area contributed by atoms with Crippen molar-refractivity contribution in [1.82, 2.24) is 24.0 Å². The SMILES string of the molecule is CC[C@@H](C)C(=O)NCCNc1nc2c(c(=O)n(C)c(=O)n2C)n1Cc1ccccc1Cl. The highest BCUT2D eigenvalue weighted by Gasteiger charge is 2.20. The molecule has 166 valence electrons. The average Bonchev–Trinajstić information content (AvgIpc) is 3.12. The van der Waals surface area contributed by atoms with E-state index in [0.717, 1.165) is 16.6 Å². The molecule has 1 amide bonds. The summed E-state index contributed by atoms with van der Waals surface area (Å²) in [7, 11) is 3.02. The van der Waals surface area contributed by atoms with Gasteiger partial charge in [0.2, 0.25) is 11.9 Å². The Bertz CT molecular complexity index is 1230. The Morgan fingerprint density at radius 1 is 1.16 bits per heavy atom. The second-order valence-electron chi connectivity index (χ2n) is 7.52. The van der Waals surface area contributed by atoms with Crippen LogP contribution in [0.15, 0.2) is 33.9 Å². The normalized spacial score (nSPS) is 12.2. The minimum Gasteiger partial charge on any atom is -0.354 e. The summed E-state index contributed by atoms with van der Waals surface area (Å²) in [5.74, 6) is 0.360. The molecule has 3 rings (SSSR count). The number of aromatic nitrogens is 4. The Morgan fingerprint density at radius 3 is 2.55 bits per heavy atom. The third kappa shape index (κ3) is 4.51. The smallest absolute Gasteiger partial charge is 0.332 e. The fourth-order valence-corrected chi connectivity index (χ4v) is 3.45. The molecule has 1 aromatic carbocycles. The number of halogens is 1. The third-order valence-corrected chi connectivity index (χ3v) is 5.77. The molecule has 0 spiro atoms. The van der Waals surface area contributed by atoms with Gasteiger partial charge in [-0.2, -0.15) is 4.98 Å². The molecule has 0 unspecified atom stereocenters. The van der Waals surface area contributed by atoms with Crippen LogP contribution >= 0.6 is 11.6 Å². The number of aryl methyl sites for hydroxylation is 1. The monoisotopic (exact) mass is 446 g/mol. The van der Waals surface area contributed by atoms with E-state index in [4.69, 9.17) is 11.6 Å². The number of fused-ring (bicyclic) bond motifs is 1. The van der Waals surface area contributed by atoms with Crippen molar-refractivity contribution in [3.8, 4) is 0 Å². The van der Waals surface area contributed by atoms with Gasteiger partial charge < -0.3 is 10.6 Å². The summed E-state index contributed by atoms with van der Waals surface area (Å²) < 4.78 is 4.12. The molecule has 0 saturated heterocycles. The summed E-state index contributed by atoms with van der Waals surface area (Å²) in [4.78, 5) is 41.8. The number of benzene rings is 1. The molecule has 10 heteroatoms. The van der Waals surface area contributed by atoms with E-state index in [9.17, 15) is 14.4 Å². The Balaban J connectivity index is 1.98. The lowest BCUT2D eigenvalue weighted by molar-refractivity contribution is -0.124. The van der Waals surface area contributed by atoms with Crippen molar-refractivity contribution in [2.24, 2.45) is 20.0 Å². The van der Waals surface area contributed by atoms with E-state index >= 15 is 0 Å². The molecule has 0 radical (unpaired) electrons. The van der Waals surface area contributed by atoms with Crippen molar-refractivity contribution in [2.75, 3.05) is 18.4 Å². The van der Waals surface area contributed by atoms with Gasteiger partial charge in [-0.05, 0) is 18.1 Å². The second kappa shape index (κ2) is 9.38. The number of hydrogen-bond donors (Lipinski definition) is 2. The fourth-order valence-electron chi connectivity index (χ4n) is 3.25. The summed E-state index contributed by atoms with van der Waals surface area (Å²) in [6.45, 7) is 4.94. The summed E-state index contributed by atoms with van der Waals surface area (Å²) in [5, 5.41) is 6.62. The number of carbonyl (C=O) groups is 1. The first-order valence-electron chi connectivity index (χ1n) is 10.2. The van der Waals surface area contributed by atoms with Gasteiger partial charge in [0.15, 0.2) is 11.2 Å².